The lowest BCUT2D eigenvalue weighted by Crippen LogP contribution is -2.36. The molecule has 0 radical (unpaired) electrons. The molecule has 0 aromatic rings. The van der Waals surface area contributed by atoms with Crippen molar-refractivity contribution < 1.29 is 20.2 Å². The third-order valence-electron chi connectivity index (χ3n) is 8.24. The molecular weight excluding hydrogens is 378 g/mol. The minimum Gasteiger partial charge on any atom is -0.393 e. The van der Waals surface area contributed by atoms with Gasteiger partial charge < -0.3 is 10.2 Å². The van der Waals surface area contributed by atoms with Crippen LogP contribution in [-0.4, -0.2) is 33.5 Å². The van der Waals surface area contributed by atoms with Crippen molar-refractivity contribution in [2.45, 2.75) is 103 Å². The molecule has 0 aromatic heterocycles. The van der Waals surface area contributed by atoms with Gasteiger partial charge >= 0.3 is 0 Å². The number of carbonyl (C=O) groups excluding carboxylic acids is 1. The molecule has 3 aliphatic rings. The van der Waals surface area contributed by atoms with E-state index in [-0.39, 0.29) is 5.91 Å². The molecule has 3 aliphatic carbocycles. The second-order valence-corrected chi connectivity index (χ2v) is 10.4. The van der Waals surface area contributed by atoms with Gasteiger partial charge in [0.1, 0.15) is 0 Å². The van der Waals surface area contributed by atoms with E-state index in [4.69, 9.17) is 5.21 Å². The van der Waals surface area contributed by atoms with Gasteiger partial charge in [0.05, 0.1) is 12.2 Å². The fourth-order valence-corrected chi connectivity index (χ4v) is 6.75. The SMILES string of the molecule is C[C@H](CCCCC(=O)NO)[C@H]1CCC2/C(=C/C=C3C[C@@H](O)C[C@H](O)C3)CCC[C@@]21C. The van der Waals surface area contributed by atoms with Crippen molar-refractivity contribution in [3.8, 4) is 0 Å². The van der Waals surface area contributed by atoms with Crippen LogP contribution < -0.4 is 5.48 Å². The Morgan fingerprint density at radius 1 is 1.20 bits per heavy atom. The van der Waals surface area contributed by atoms with E-state index in [9.17, 15) is 15.0 Å². The molecule has 1 amide bonds. The quantitative estimate of drug-likeness (QED) is 0.274. The Balaban J connectivity index is 1.61. The van der Waals surface area contributed by atoms with Crippen molar-refractivity contribution in [1.29, 1.82) is 0 Å². The molecular formula is C25H41NO4. The van der Waals surface area contributed by atoms with Crippen LogP contribution in [-0.2, 0) is 4.79 Å². The summed E-state index contributed by atoms with van der Waals surface area (Å²) in [6.45, 7) is 4.88. The van der Waals surface area contributed by atoms with Gasteiger partial charge in [-0.3, -0.25) is 10.0 Å². The number of carbonyl (C=O) groups is 1. The van der Waals surface area contributed by atoms with Crippen molar-refractivity contribution in [3.63, 3.8) is 0 Å². The highest BCUT2D eigenvalue weighted by molar-refractivity contribution is 5.74. The Bertz CT molecular complexity index is 646. The van der Waals surface area contributed by atoms with Crippen molar-refractivity contribution in [1.82, 2.24) is 5.48 Å². The molecule has 5 nitrogen and oxygen atoms in total. The zero-order valence-electron chi connectivity index (χ0n) is 18.8. The summed E-state index contributed by atoms with van der Waals surface area (Å²) in [6.07, 6.45) is 15.2. The lowest BCUT2D eigenvalue weighted by molar-refractivity contribution is -0.129. The first kappa shape index (κ1) is 23.5. The fourth-order valence-electron chi connectivity index (χ4n) is 6.75. The molecule has 170 valence electrons. The van der Waals surface area contributed by atoms with E-state index in [1.165, 1.54) is 37.7 Å². The number of hydroxylamine groups is 1. The molecule has 3 fully saturated rings. The van der Waals surface area contributed by atoms with E-state index < -0.39 is 12.2 Å². The maximum atomic E-state index is 11.2. The van der Waals surface area contributed by atoms with Crippen LogP contribution in [0, 0.1) is 23.2 Å². The summed E-state index contributed by atoms with van der Waals surface area (Å²) in [5.74, 6) is 1.74. The van der Waals surface area contributed by atoms with E-state index in [1.54, 1.807) is 11.1 Å². The van der Waals surface area contributed by atoms with Crippen LogP contribution in [0.25, 0.3) is 0 Å². The normalized spacial score (nSPS) is 36.4. The van der Waals surface area contributed by atoms with E-state index in [2.05, 4.69) is 26.0 Å². The highest BCUT2D eigenvalue weighted by Gasteiger charge is 2.50. The van der Waals surface area contributed by atoms with E-state index in [1.807, 2.05) is 0 Å². The number of amides is 1. The van der Waals surface area contributed by atoms with Gasteiger partial charge in [0.15, 0.2) is 0 Å². The van der Waals surface area contributed by atoms with Crippen LogP contribution in [0.3, 0.4) is 0 Å². The zero-order chi connectivity index (χ0) is 21.7. The Morgan fingerprint density at radius 2 is 1.93 bits per heavy atom. The van der Waals surface area contributed by atoms with Gasteiger partial charge in [-0.15, -0.1) is 0 Å². The van der Waals surface area contributed by atoms with Gasteiger partial charge in [-0.1, -0.05) is 50.0 Å². The van der Waals surface area contributed by atoms with Crippen molar-refractivity contribution in [2.24, 2.45) is 23.2 Å². The summed E-state index contributed by atoms with van der Waals surface area (Å²) in [4.78, 5) is 11.2. The maximum Gasteiger partial charge on any atom is 0.243 e. The molecule has 4 N–H and O–H groups in total. The largest absolute Gasteiger partial charge is 0.393 e. The summed E-state index contributed by atoms with van der Waals surface area (Å²) in [7, 11) is 0. The summed E-state index contributed by atoms with van der Waals surface area (Å²) in [5.41, 5.74) is 4.82. The van der Waals surface area contributed by atoms with Gasteiger partial charge in [0.25, 0.3) is 0 Å². The molecule has 0 bridgehead atoms. The molecule has 3 rings (SSSR count). The molecule has 0 spiro atoms. The van der Waals surface area contributed by atoms with Crippen LogP contribution in [0.5, 0.6) is 0 Å². The van der Waals surface area contributed by atoms with Crippen LogP contribution in [0.1, 0.15) is 90.9 Å². The van der Waals surface area contributed by atoms with Gasteiger partial charge in [-0.25, -0.2) is 5.48 Å². The third kappa shape index (κ3) is 5.54. The molecule has 6 atom stereocenters. The molecule has 0 saturated heterocycles. The predicted octanol–water partition coefficient (Wildman–Crippen LogP) is 4.66. The minimum atomic E-state index is -0.407. The number of rotatable bonds is 7. The Hall–Kier alpha value is -1.17. The third-order valence-corrected chi connectivity index (χ3v) is 8.24. The Morgan fingerprint density at radius 3 is 2.63 bits per heavy atom. The van der Waals surface area contributed by atoms with E-state index in [0.717, 1.165) is 25.2 Å². The number of unbranched alkanes of at least 4 members (excludes halogenated alkanes) is 1. The average Bonchev–Trinajstić information content (AvgIpc) is 3.06. The summed E-state index contributed by atoms with van der Waals surface area (Å²) in [6, 6.07) is 0. The van der Waals surface area contributed by atoms with Crippen LogP contribution in [0.4, 0.5) is 0 Å². The smallest absolute Gasteiger partial charge is 0.243 e. The maximum absolute atomic E-state index is 11.2. The number of fused-ring (bicyclic) bond motifs is 1. The lowest BCUT2D eigenvalue weighted by atomic mass is 9.60. The van der Waals surface area contributed by atoms with Crippen molar-refractivity contribution in [2.75, 3.05) is 0 Å². The summed E-state index contributed by atoms with van der Waals surface area (Å²) in [5, 5.41) is 28.5. The highest BCUT2D eigenvalue weighted by Crippen LogP contribution is 2.59. The molecule has 0 aromatic carbocycles. The fraction of sp³-hybridized carbons (Fsp3) is 0.800. The first-order valence-corrected chi connectivity index (χ1v) is 12.0. The Labute approximate surface area is 181 Å². The number of allylic oxidation sites excluding steroid dienone is 3. The van der Waals surface area contributed by atoms with Gasteiger partial charge in [0.2, 0.25) is 5.91 Å². The number of hydrogen-bond donors (Lipinski definition) is 4. The Kier molecular flexibility index (Phi) is 8.17. The number of hydrogen-bond acceptors (Lipinski definition) is 4. The van der Waals surface area contributed by atoms with Gasteiger partial charge in [-0.2, -0.15) is 0 Å². The minimum absolute atomic E-state index is 0.287. The molecule has 0 aliphatic heterocycles. The van der Waals surface area contributed by atoms with Gasteiger partial charge in [-0.05, 0) is 81.0 Å². The highest BCUT2D eigenvalue weighted by atomic mass is 16.5. The molecule has 5 heteroatoms. The molecule has 3 saturated carbocycles. The average molecular weight is 420 g/mol. The van der Waals surface area contributed by atoms with Gasteiger partial charge in [0, 0.05) is 6.42 Å². The first-order valence-electron chi connectivity index (χ1n) is 12.0. The first-order chi connectivity index (χ1) is 14.3. The van der Waals surface area contributed by atoms with Crippen molar-refractivity contribution >= 4 is 5.91 Å². The monoisotopic (exact) mass is 419 g/mol. The number of nitrogens with one attached hydrogen (secondary N) is 1. The van der Waals surface area contributed by atoms with Crippen LogP contribution >= 0.6 is 0 Å². The summed E-state index contributed by atoms with van der Waals surface area (Å²) < 4.78 is 0. The predicted molar refractivity (Wildman–Crippen MR) is 118 cm³/mol. The standard InChI is InChI=1S/C25H41NO4/c1-17(6-3-4-8-24(29)26-30)22-11-12-23-19(7-5-13-25(22,23)2)10-9-18-14-20(27)16-21(28)15-18/h9-10,17,20-23,27-28,30H,3-8,11-16H2,1-2H3,(H,26,29)/b19-10+/t17-,20-,21-,22-,23?,25-/m1/s1. The topological polar surface area (TPSA) is 89.8 Å². The zero-order valence-corrected chi connectivity index (χ0v) is 18.8. The van der Waals surface area contributed by atoms with E-state index in [0.29, 0.717) is 42.9 Å². The summed E-state index contributed by atoms with van der Waals surface area (Å²) >= 11 is 0. The second-order valence-electron chi connectivity index (χ2n) is 10.4. The van der Waals surface area contributed by atoms with E-state index >= 15 is 0 Å². The molecule has 30 heavy (non-hydrogen) atoms. The van der Waals surface area contributed by atoms with Crippen LogP contribution in [0.15, 0.2) is 23.3 Å². The second kappa shape index (κ2) is 10.4. The molecule has 0 heterocycles. The van der Waals surface area contributed by atoms with Crippen LogP contribution in [0.2, 0.25) is 0 Å². The lowest BCUT2D eigenvalue weighted by Gasteiger charge is -2.44. The van der Waals surface area contributed by atoms with Crippen molar-refractivity contribution in [3.05, 3.63) is 23.3 Å². The number of aliphatic hydroxyl groups excluding tert-OH is 2. The number of aliphatic hydroxyl groups is 2. The molecule has 1 unspecified atom stereocenters.